The van der Waals surface area contributed by atoms with Crippen LogP contribution < -0.4 is 0 Å². The number of halogens is 3. The van der Waals surface area contributed by atoms with Crippen molar-refractivity contribution in [3.63, 3.8) is 0 Å². The van der Waals surface area contributed by atoms with Crippen LogP contribution in [0.15, 0.2) is 23.8 Å². The number of allylic oxidation sites excluding steroid dienone is 4. The van der Waals surface area contributed by atoms with Gasteiger partial charge in [-0.25, -0.2) is 13.2 Å². The predicted octanol–water partition coefficient (Wildman–Crippen LogP) is 5.10. The van der Waals surface area contributed by atoms with Crippen LogP contribution in [0.3, 0.4) is 0 Å². The summed E-state index contributed by atoms with van der Waals surface area (Å²) in [6.45, 7) is 6.25. The van der Waals surface area contributed by atoms with E-state index >= 15 is 8.78 Å². The number of carbonyl (C=O) groups excluding carboxylic acids is 3. The fourth-order valence-corrected chi connectivity index (χ4v) is 9.05. The molecule has 204 valence electrons. The highest BCUT2D eigenvalue weighted by Gasteiger charge is 2.79. The maximum absolute atomic E-state index is 17.7. The van der Waals surface area contributed by atoms with Crippen molar-refractivity contribution >= 4 is 36.9 Å². The Hall–Kier alpha value is -1.55. The molecule has 1 N–H and O–H groups in total. The Morgan fingerprint density at radius 1 is 1.27 bits per heavy atom. The van der Waals surface area contributed by atoms with Gasteiger partial charge in [-0.2, -0.15) is 0 Å². The van der Waals surface area contributed by atoms with Gasteiger partial charge in [0.25, 0.3) is 0 Å². The lowest BCUT2D eigenvalue weighted by atomic mass is 9.44. The van der Waals surface area contributed by atoms with Gasteiger partial charge in [0.05, 0.1) is 0 Å². The van der Waals surface area contributed by atoms with E-state index in [4.69, 9.17) is 9.26 Å². The van der Waals surface area contributed by atoms with Crippen molar-refractivity contribution in [1.29, 1.82) is 0 Å². The molecule has 4 aliphatic carbocycles. The first-order chi connectivity index (χ1) is 17.2. The van der Waals surface area contributed by atoms with Crippen LogP contribution in [0.25, 0.3) is 0 Å². The number of rotatable bonds is 6. The second-order valence-electron chi connectivity index (χ2n) is 10.9. The molecule has 0 amide bonds. The lowest BCUT2D eigenvalue weighted by Crippen LogP contribution is -2.71. The Bertz CT molecular complexity index is 1100. The van der Waals surface area contributed by atoms with Crippen LogP contribution in [-0.4, -0.2) is 51.3 Å². The van der Waals surface area contributed by atoms with Gasteiger partial charge in [0.1, 0.15) is 12.2 Å². The molecular formula is C25H31F3O7PS+. The van der Waals surface area contributed by atoms with E-state index in [1.807, 2.05) is 0 Å². The second-order valence-corrected chi connectivity index (χ2v) is 12.5. The summed E-state index contributed by atoms with van der Waals surface area (Å²) in [6, 6.07) is -1.08. The number of ether oxygens (including phenoxy) is 1. The third-order valence-corrected chi connectivity index (χ3v) is 10.5. The number of hydrogen-bond donors (Lipinski definition) is 1. The van der Waals surface area contributed by atoms with Crippen molar-refractivity contribution in [1.82, 2.24) is 0 Å². The molecule has 0 heterocycles. The average Bonchev–Trinajstić information content (AvgIpc) is 3.04. The number of alkyl halides is 3. The van der Waals surface area contributed by atoms with Crippen molar-refractivity contribution in [3.05, 3.63) is 23.8 Å². The minimum atomic E-state index is -3.33. The SMILES string of the molecule is CCC(=O)O[C@]1(C(=O)SCF)[C@H](C)C[C@H]2[C@@H]3C[C@H](F)C4=CC(=O)C=C[C@]4(C)[C@@]3(F)[C@@H](O[P+](=O)O)C[C@@]21C. The van der Waals surface area contributed by atoms with Crippen molar-refractivity contribution < 1.29 is 46.3 Å². The molecule has 3 fully saturated rings. The molecule has 0 aromatic carbocycles. The van der Waals surface area contributed by atoms with E-state index in [0.717, 1.165) is 12.2 Å². The summed E-state index contributed by atoms with van der Waals surface area (Å²) in [7, 11) is -3.33. The minimum Gasteiger partial charge on any atom is -0.449 e. The Morgan fingerprint density at radius 3 is 2.54 bits per heavy atom. The van der Waals surface area contributed by atoms with E-state index in [0.29, 0.717) is 11.8 Å². The van der Waals surface area contributed by atoms with Crippen LogP contribution in [0.4, 0.5) is 13.2 Å². The second kappa shape index (κ2) is 9.57. The van der Waals surface area contributed by atoms with Crippen molar-refractivity contribution in [2.75, 3.05) is 6.01 Å². The molecular weight excluding hydrogens is 532 g/mol. The van der Waals surface area contributed by atoms with Gasteiger partial charge in [0.2, 0.25) is 5.12 Å². The third-order valence-electron chi connectivity index (χ3n) is 9.41. The molecule has 0 radical (unpaired) electrons. The fourth-order valence-electron chi connectivity index (χ4n) is 7.81. The van der Waals surface area contributed by atoms with Gasteiger partial charge >= 0.3 is 14.2 Å². The molecule has 0 aromatic heterocycles. The van der Waals surface area contributed by atoms with Crippen LogP contribution in [0, 0.1) is 28.6 Å². The maximum Gasteiger partial charge on any atom is 0.695 e. The first kappa shape index (κ1) is 28.5. The van der Waals surface area contributed by atoms with Crippen LogP contribution in [0.1, 0.15) is 53.4 Å². The molecule has 0 aromatic rings. The molecule has 0 saturated heterocycles. The summed E-state index contributed by atoms with van der Waals surface area (Å²) in [4.78, 5) is 47.9. The number of carbonyl (C=O) groups is 3. The van der Waals surface area contributed by atoms with E-state index in [1.165, 1.54) is 19.9 Å². The van der Waals surface area contributed by atoms with Gasteiger partial charge in [0.15, 0.2) is 23.2 Å². The summed E-state index contributed by atoms with van der Waals surface area (Å²) in [5.41, 5.74) is -7.42. The van der Waals surface area contributed by atoms with Crippen molar-refractivity contribution in [2.24, 2.45) is 28.6 Å². The zero-order valence-electron chi connectivity index (χ0n) is 21.0. The van der Waals surface area contributed by atoms with Crippen LogP contribution in [-0.2, 0) is 28.2 Å². The number of thioether (sulfide) groups is 1. The topological polar surface area (TPSA) is 107 Å². The van der Waals surface area contributed by atoms with Gasteiger partial charge in [0, 0.05) is 33.7 Å². The van der Waals surface area contributed by atoms with E-state index in [1.54, 1.807) is 13.8 Å². The standard InChI is InChI=1S/C25H30F3O7PS/c1-5-20(30)34-25(21(31)37-12-26)13(2)8-15-16-10-18(27)17-9-14(29)6-7-22(17,3)24(16,28)19(35-36(32)33)11-23(15,25)4/h6-7,9,13,15-16,18-19H,5,8,10-12H2,1-4H3/p+1/t13-,15+,16+,18+,19+,22+,23+,24+,25+/m1/s1. The zero-order chi connectivity index (χ0) is 27.6. The first-order valence-electron chi connectivity index (χ1n) is 12.3. The molecule has 4 aliphatic rings. The smallest absolute Gasteiger partial charge is 0.449 e. The van der Waals surface area contributed by atoms with Gasteiger partial charge in [-0.05, 0) is 61.6 Å². The molecule has 4 rings (SSSR count). The van der Waals surface area contributed by atoms with Crippen molar-refractivity contribution in [2.45, 2.75) is 76.9 Å². The number of hydrogen-bond acceptors (Lipinski definition) is 7. The molecule has 0 aliphatic heterocycles. The number of ketones is 1. The Balaban J connectivity index is 1.94. The molecule has 7 nitrogen and oxygen atoms in total. The molecule has 10 atom stereocenters. The van der Waals surface area contributed by atoms with Crippen LogP contribution in [0.5, 0.6) is 0 Å². The highest BCUT2D eigenvalue weighted by atomic mass is 32.2. The maximum atomic E-state index is 17.7. The Kier molecular flexibility index (Phi) is 7.36. The summed E-state index contributed by atoms with van der Waals surface area (Å²) in [5, 5.41) is -0.740. The van der Waals surface area contributed by atoms with Crippen LogP contribution in [0.2, 0.25) is 0 Å². The number of esters is 1. The van der Waals surface area contributed by atoms with Crippen molar-refractivity contribution in [3.8, 4) is 0 Å². The molecule has 37 heavy (non-hydrogen) atoms. The molecule has 0 bridgehead atoms. The highest BCUT2D eigenvalue weighted by Crippen LogP contribution is 2.73. The summed E-state index contributed by atoms with van der Waals surface area (Å²) >= 11 is 0.343. The zero-order valence-corrected chi connectivity index (χ0v) is 22.8. The predicted molar refractivity (Wildman–Crippen MR) is 130 cm³/mol. The first-order valence-corrected chi connectivity index (χ1v) is 14.4. The molecule has 0 spiro atoms. The Labute approximate surface area is 218 Å². The number of fused-ring (bicyclic) bond motifs is 5. The minimum absolute atomic E-state index is 0.0668. The quantitative estimate of drug-likeness (QED) is 0.351. The van der Waals surface area contributed by atoms with E-state index in [-0.39, 0.29) is 31.3 Å². The van der Waals surface area contributed by atoms with E-state index < -0.39 is 83.3 Å². The largest absolute Gasteiger partial charge is 0.695 e. The molecule has 3 saturated carbocycles. The summed E-state index contributed by atoms with van der Waals surface area (Å²) < 4.78 is 69.9. The summed E-state index contributed by atoms with van der Waals surface area (Å²) in [6.07, 6.45) is -0.403. The van der Waals surface area contributed by atoms with Gasteiger partial charge in [-0.15, -0.1) is 9.42 Å². The lowest BCUT2D eigenvalue weighted by molar-refractivity contribution is -0.223. The summed E-state index contributed by atoms with van der Waals surface area (Å²) in [5.74, 6) is -3.73. The van der Waals surface area contributed by atoms with E-state index in [2.05, 4.69) is 0 Å². The van der Waals surface area contributed by atoms with Gasteiger partial charge in [-0.3, -0.25) is 14.4 Å². The third kappa shape index (κ3) is 3.82. The fraction of sp³-hybridized carbons (Fsp3) is 0.720. The van der Waals surface area contributed by atoms with Gasteiger partial charge < -0.3 is 4.74 Å². The highest BCUT2D eigenvalue weighted by molar-refractivity contribution is 8.13. The average molecular weight is 564 g/mol. The molecule has 1 unspecified atom stereocenters. The lowest BCUT2D eigenvalue weighted by Gasteiger charge is -2.62. The Morgan fingerprint density at radius 2 is 1.95 bits per heavy atom. The normalized spacial score (nSPS) is 44.9. The molecule has 12 heteroatoms. The monoisotopic (exact) mass is 563 g/mol. The van der Waals surface area contributed by atoms with Gasteiger partial charge in [-0.1, -0.05) is 26.8 Å². The van der Waals surface area contributed by atoms with E-state index in [9.17, 15) is 28.2 Å². The van der Waals surface area contributed by atoms with Crippen LogP contribution >= 0.6 is 20.0 Å².